The minimum atomic E-state index is 0.137. The van der Waals surface area contributed by atoms with Crippen molar-refractivity contribution in [3.05, 3.63) is 64.7 Å². The Morgan fingerprint density at radius 2 is 1.97 bits per heavy atom. The Morgan fingerprint density at radius 1 is 1.10 bits per heavy atom. The van der Waals surface area contributed by atoms with Crippen LogP contribution in [0, 0.1) is 0 Å². The second-order valence-electron chi connectivity index (χ2n) is 7.08. The number of pyridine rings is 1. The molecule has 8 heteroatoms. The third-order valence-electron chi connectivity index (χ3n) is 4.91. The van der Waals surface area contributed by atoms with Gasteiger partial charge in [-0.15, -0.1) is 0 Å². The monoisotopic (exact) mass is 455 g/mol. The molecule has 0 atom stereocenters. The Bertz CT molecular complexity index is 962. The van der Waals surface area contributed by atoms with E-state index < -0.39 is 0 Å². The van der Waals surface area contributed by atoms with Crippen molar-refractivity contribution in [2.24, 2.45) is 0 Å². The van der Waals surface area contributed by atoms with Gasteiger partial charge in [0.15, 0.2) is 5.82 Å². The average Bonchev–Trinajstić information content (AvgIpc) is 3.06. The molecule has 4 rings (SSSR count). The lowest BCUT2D eigenvalue weighted by molar-refractivity contribution is -0.130. The van der Waals surface area contributed by atoms with Gasteiger partial charge in [-0.3, -0.25) is 14.7 Å². The van der Waals surface area contributed by atoms with E-state index >= 15 is 0 Å². The van der Waals surface area contributed by atoms with Crippen molar-refractivity contribution < 1.29 is 9.32 Å². The number of carbonyl (C=O) groups excluding carboxylic acids is 1. The zero-order valence-electron chi connectivity index (χ0n) is 16.0. The summed E-state index contributed by atoms with van der Waals surface area (Å²) in [6.45, 7) is 3.77. The molecule has 1 aliphatic rings. The van der Waals surface area contributed by atoms with Crippen LogP contribution in [0.3, 0.4) is 0 Å². The largest absolute Gasteiger partial charge is 0.341 e. The van der Waals surface area contributed by atoms with Gasteiger partial charge in [0, 0.05) is 48.6 Å². The van der Waals surface area contributed by atoms with Crippen molar-refractivity contribution in [1.29, 1.82) is 0 Å². The van der Waals surface area contributed by atoms with Crippen LogP contribution in [0.2, 0.25) is 0 Å². The van der Waals surface area contributed by atoms with Crippen LogP contribution >= 0.6 is 15.9 Å². The summed E-state index contributed by atoms with van der Waals surface area (Å²) >= 11 is 3.40. The molecule has 0 radical (unpaired) electrons. The first-order chi connectivity index (χ1) is 14.2. The fourth-order valence-electron chi connectivity index (χ4n) is 3.43. The molecular formula is C21H22BrN5O2. The summed E-state index contributed by atoms with van der Waals surface area (Å²) in [6, 6.07) is 11.7. The van der Waals surface area contributed by atoms with E-state index in [1.54, 1.807) is 12.4 Å². The van der Waals surface area contributed by atoms with Gasteiger partial charge in [0.1, 0.15) is 0 Å². The van der Waals surface area contributed by atoms with Crippen LogP contribution in [0.4, 0.5) is 0 Å². The van der Waals surface area contributed by atoms with Crippen molar-refractivity contribution in [2.75, 3.05) is 26.2 Å². The van der Waals surface area contributed by atoms with E-state index in [4.69, 9.17) is 4.52 Å². The zero-order chi connectivity index (χ0) is 20.1. The molecule has 3 heterocycles. The molecule has 1 fully saturated rings. The zero-order valence-corrected chi connectivity index (χ0v) is 17.6. The highest BCUT2D eigenvalue weighted by atomic mass is 79.9. The molecule has 0 spiro atoms. The van der Waals surface area contributed by atoms with E-state index in [1.165, 1.54) is 0 Å². The summed E-state index contributed by atoms with van der Waals surface area (Å²) in [5.41, 5.74) is 1.84. The van der Waals surface area contributed by atoms with Crippen LogP contribution in [0.5, 0.6) is 0 Å². The van der Waals surface area contributed by atoms with E-state index in [9.17, 15) is 4.79 Å². The molecule has 7 nitrogen and oxygen atoms in total. The fraction of sp³-hybridized carbons (Fsp3) is 0.333. The number of hydrogen-bond donors (Lipinski definition) is 0. The summed E-state index contributed by atoms with van der Waals surface area (Å²) < 4.78 is 6.29. The fourth-order valence-corrected chi connectivity index (χ4v) is 3.85. The number of carbonyl (C=O) groups is 1. The summed E-state index contributed by atoms with van der Waals surface area (Å²) in [6.07, 6.45) is 4.76. The van der Waals surface area contributed by atoms with Crippen molar-refractivity contribution in [1.82, 2.24) is 24.9 Å². The van der Waals surface area contributed by atoms with Gasteiger partial charge < -0.3 is 9.42 Å². The number of halogens is 1. The highest BCUT2D eigenvalue weighted by Gasteiger charge is 2.21. The molecule has 1 saturated heterocycles. The molecule has 150 valence electrons. The molecule has 0 saturated carbocycles. The number of benzene rings is 1. The summed E-state index contributed by atoms with van der Waals surface area (Å²) in [7, 11) is 0. The molecule has 2 aromatic heterocycles. The molecule has 1 aliphatic heterocycles. The van der Waals surface area contributed by atoms with Gasteiger partial charge in [-0.25, -0.2) is 0 Å². The Hall–Kier alpha value is -2.58. The van der Waals surface area contributed by atoms with Gasteiger partial charge in [-0.05, 0) is 46.1 Å². The normalized spacial score (nSPS) is 15.3. The van der Waals surface area contributed by atoms with Gasteiger partial charge in [0.25, 0.3) is 5.89 Å². The van der Waals surface area contributed by atoms with Crippen molar-refractivity contribution in [3.63, 3.8) is 0 Å². The maximum atomic E-state index is 12.7. The second-order valence-corrected chi connectivity index (χ2v) is 8.00. The van der Waals surface area contributed by atoms with E-state index in [0.29, 0.717) is 31.2 Å². The van der Waals surface area contributed by atoms with Crippen LogP contribution in [0.1, 0.15) is 17.8 Å². The summed E-state index contributed by atoms with van der Waals surface area (Å²) in [5, 5.41) is 4.12. The lowest BCUT2D eigenvalue weighted by atomic mass is 10.2. The number of amides is 1. The van der Waals surface area contributed by atoms with Crippen molar-refractivity contribution in [2.45, 2.75) is 19.4 Å². The Balaban J connectivity index is 1.32. The summed E-state index contributed by atoms with van der Waals surface area (Å²) in [5.74, 6) is 1.34. The Morgan fingerprint density at radius 3 is 2.79 bits per heavy atom. The Labute approximate surface area is 177 Å². The standard InChI is InChI=1S/C21H22BrN5O2/c22-18-11-16(13-23-14-18)12-20(28)27-8-4-7-26(9-10-27)15-19-24-21(29-25-19)17-5-2-1-3-6-17/h1-3,5-6,11,13-14H,4,7-10,12,15H2. The number of aromatic nitrogens is 3. The first-order valence-electron chi connectivity index (χ1n) is 9.65. The van der Waals surface area contributed by atoms with Crippen LogP contribution in [-0.2, 0) is 17.8 Å². The quantitative estimate of drug-likeness (QED) is 0.587. The molecule has 0 unspecified atom stereocenters. The maximum Gasteiger partial charge on any atom is 0.257 e. The lowest BCUT2D eigenvalue weighted by Crippen LogP contribution is -2.36. The first kappa shape index (κ1) is 19.7. The second kappa shape index (κ2) is 9.28. The molecule has 0 N–H and O–H groups in total. The van der Waals surface area contributed by atoms with E-state index in [0.717, 1.165) is 41.7 Å². The third kappa shape index (κ3) is 5.27. The number of nitrogens with zero attached hydrogens (tertiary/aromatic N) is 5. The average molecular weight is 456 g/mol. The van der Waals surface area contributed by atoms with Crippen LogP contribution in [0.25, 0.3) is 11.5 Å². The van der Waals surface area contributed by atoms with Gasteiger partial charge in [-0.1, -0.05) is 23.4 Å². The smallest absolute Gasteiger partial charge is 0.257 e. The summed E-state index contributed by atoms with van der Waals surface area (Å²) in [4.78, 5) is 25.5. The van der Waals surface area contributed by atoms with E-state index in [1.807, 2.05) is 41.3 Å². The van der Waals surface area contributed by atoms with Crippen LogP contribution in [0.15, 0.2) is 57.8 Å². The minimum absolute atomic E-state index is 0.137. The van der Waals surface area contributed by atoms with Crippen molar-refractivity contribution in [3.8, 4) is 11.5 Å². The predicted molar refractivity (Wildman–Crippen MR) is 112 cm³/mol. The topological polar surface area (TPSA) is 75.4 Å². The Kier molecular flexibility index (Phi) is 6.31. The number of hydrogen-bond acceptors (Lipinski definition) is 6. The minimum Gasteiger partial charge on any atom is -0.341 e. The molecule has 0 bridgehead atoms. The molecular weight excluding hydrogens is 434 g/mol. The highest BCUT2D eigenvalue weighted by molar-refractivity contribution is 9.10. The molecule has 29 heavy (non-hydrogen) atoms. The van der Waals surface area contributed by atoms with Crippen LogP contribution in [-0.4, -0.2) is 57.0 Å². The van der Waals surface area contributed by atoms with Gasteiger partial charge in [-0.2, -0.15) is 4.98 Å². The molecule has 1 aromatic carbocycles. The predicted octanol–water partition coefficient (Wildman–Crippen LogP) is 3.17. The van der Waals surface area contributed by atoms with Crippen molar-refractivity contribution >= 4 is 21.8 Å². The van der Waals surface area contributed by atoms with E-state index in [-0.39, 0.29) is 5.91 Å². The van der Waals surface area contributed by atoms with E-state index in [2.05, 4.69) is 36.0 Å². The molecule has 1 amide bonds. The molecule has 0 aliphatic carbocycles. The van der Waals surface area contributed by atoms with Gasteiger partial charge in [0.05, 0.1) is 13.0 Å². The number of rotatable bonds is 5. The third-order valence-corrected chi connectivity index (χ3v) is 5.35. The maximum absolute atomic E-state index is 12.7. The first-order valence-corrected chi connectivity index (χ1v) is 10.4. The lowest BCUT2D eigenvalue weighted by Gasteiger charge is -2.21. The van der Waals surface area contributed by atoms with Gasteiger partial charge in [0.2, 0.25) is 5.91 Å². The molecule has 3 aromatic rings. The van der Waals surface area contributed by atoms with Crippen LogP contribution < -0.4 is 0 Å². The van der Waals surface area contributed by atoms with Gasteiger partial charge >= 0.3 is 0 Å². The SMILES string of the molecule is O=C(Cc1cncc(Br)c1)N1CCCN(Cc2noc(-c3ccccc3)n2)CC1. The highest BCUT2D eigenvalue weighted by Crippen LogP contribution is 2.17.